The minimum absolute atomic E-state index is 0.185. The second-order valence-electron chi connectivity index (χ2n) is 5.92. The van der Waals surface area contributed by atoms with Crippen LogP contribution in [0, 0.1) is 11.6 Å². The van der Waals surface area contributed by atoms with Crippen molar-refractivity contribution in [3.8, 4) is 5.69 Å². The number of carbonyl (C=O) groups is 1. The first-order chi connectivity index (χ1) is 12.6. The van der Waals surface area contributed by atoms with Crippen LogP contribution in [0.3, 0.4) is 0 Å². The van der Waals surface area contributed by atoms with Crippen LogP contribution in [0.4, 0.5) is 8.78 Å². The summed E-state index contributed by atoms with van der Waals surface area (Å²) >= 11 is 1.46. The predicted molar refractivity (Wildman–Crippen MR) is 95.5 cm³/mol. The maximum Gasteiger partial charge on any atom is 0.272 e. The van der Waals surface area contributed by atoms with Crippen molar-refractivity contribution in [2.45, 2.75) is 17.4 Å². The Morgan fingerprint density at radius 3 is 2.77 bits per heavy atom. The number of halogens is 2. The van der Waals surface area contributed by atoms with Crippen LogP contribution >= 0.6 is 11.8 Å². The van der Waals surface area contributed by atoms with Gasteiger partial charge in [0.25, 0.3) is 5.91 Å². The largest absolute Gasteiger partial charge is 0.344 e. The van der Waals surface area contributed by atoms with E-state index in [1.165, 1.54) is 40.8 Å². The van der Waals surface area contributed by atoms with Crippen molar-refractivity contribution in [1.82, 2.24) is 15.1 Å². The van der Waals surface area contributed by atoms with Crippen molar-refractivity contribution in [1.29, 1.82) is 0 Å². The summed E-state index contributed by atoms with van der Waals surface area (Å²) in [5.74, 6) is -0.332. The number of carbonyl (C=O) groups excluding carboxylic acids is 1. The summed E-state index contributed by atoms with van der Waals surface area (Å²) in [6.45, 7) is 0. The maximum absolute atomic E-state index is 13.9. The highest BCUT2D eigenvalue weighted by Crippen LogP contribution is 2.37. The molecule has 0 aliphatic carbocycles. The van der Waals surface area contributed by atoms with Gasteiger partial charge in [-0.15, -0.1) is 11.8 Å². The number of rotatable bonds is 3. The molecule has 1 amide bonds. The molecule has 0 fully saturated rings. The molecule has 4 rings (SSSR count). The van der Waals surface area contributed by atoms with Crippen LogP contribution in [-0.4, -0.2) is 21.4 Å². The molecule has 1 unspecified atom stereocenters. The van der Waals surface area contributed by atoms with Crippen molar-refractivity contribution in [2.75, 3.05) is 5.75 Å². The number of amides is 1. The van der Waals surface area contributed by atoms with E-state index in [-0.39, 0.29) is 29.1 Å². The molecule has 1 N–H and O–H groups in total. The zero-order valence-electron chi connectivity index (χ0n) is 13.7. The topological polar surface area (TPSA) is 46.9 Å². The average molecular weight is 371 g/mol. The van der Waals surface area contributed by atoms with E-state index < -0.39 is 5.82 Å². The summed E-state index contributed by atoms with van der Waals surface area (Å²) in [4.78, 5) is 13.1. The standard InChI is InChI=1S/C19H15F2N3OS/c20-13-5-1-2-7-17(13)24-10-8-16(23-24)19(25)22-15-9-11-26-18-12(15)4-3-6-14(18)21/h1-8,10,15H,9,11H2,(H,22,25). The Morgan fingerprint density at radius 2 is 1.92 bits per heavy atom. The van der Waals surface area contributed by atoms with Gasteiger partial charge < -0.3 is 5.32 Å². The first-order valence-corrected chi connectivity index (χ1v) is 9.14. The molecule has 1 aromatic heterocycles. The zero-order valence-corrected chi connectivity index (χ0v) is 14.5. The number of benzene rings is 2. The highest BCUT2D eigenvalue weighted by Gasteiger charge is 2.25. The van der Waals surface area contributed by atoms with Gasteiger partial charge in [0.2, 0.25) is 0 Å². The van der Waals surface area contributed by atoms with E-state index in [1.54, 1.807) is 24.3 Å². The van der Waals surface area contributed by atoms with Crippen LogP contribution in [0.2, 0.25) is 0 Å². The van der Waals surface area contributed by atoms with Crippen LogP contribution < -0.4 is 5.32 Å². The van der Waals surface area contributed by atoms with Crippen molar-refractivity contribution in [2.24, 2.45) is 0 Å². The van der Waals surface area contributed by atoms with E-state index in [1.807, 2.05) is 6.07 Å². The Bertz CT molecular complexity index is 973. The van der Waals surface area contributed by atoms with Crippen molar-refractivity contribution < 1.29 is 13.6 Å². The van der Waals surface area contributed by atoms with E-state index in [4.69, 9.17) is 0 Å². The lowest BCUT2D eigenvalue weighted by molar-refractivity contribution is 0.0929. The second kappa shape index (κ2) is 6.92. The fraction of sp³-hybridized carbons (Fsp3) is 0.158. The molecule has 0 spiro atoms. The Labute approximate surface area is 153 Å². The van der Waals surface area contributed by atoms with E-state index in [0.29, 0.717) is 11.3 Å². The van der Waals surface area contributed by atoms with Crippen LogP contribution in [0.1, 0.15) is 28.5 Å². The second-order valence-corrected chi connectivity index (χ2v) is 7.02. The molecular formula is C19H15F2N3OS. The first kappa shape index (κ1) is 16.8. The summed E-state index contributed by atoms with van der Waals surface area (Å²) in [5.41, 5.74) is 1.24. The summed E-state index contributed by atoms with van der Waals surface area (Å²) in [6, 6.07) is 12.4. The SMILES string of the molecule is O=C(NC1CCSc2c(F)cccc21)c1ccn(-c2ccccc2F)n1. The smallest absolute Gasteiger partial charge is 0.272 e. The monoisotopic (exact) mass is 371 g/mol. The molecule has 1 atom stereocenters. The zero-order chi connectivity index (χ0) is 18.1. The maximum atomic E-state index is 13.9. The van der Waals surface area contributed by atoms with Crippen LogP contribution in [-0.2, 0) is 0 Å². The lowest BCUT2D eigenvalue weighted by atomic mass is 10.0. The third-order valence-electron chi connectivity index (χ3n) is 4.25. The summed E-state index contributed by atoms with van der Waals surface area (Å²) in [6.07, 6.45) is 2.25. The van der Waals surface area contributed by atoms with Gasteiger partial charge in [-0.3, -0.25) is 4.79 Å². The minimum atomic E-state index is -0.420. The quantitative estimate of drug-likeness (QED) is 0.753. The number of aromatic nitrogens is 2. The molecule has 0 radical (unpaired) electrons. The summed E-state index contributed by atoms with van der Waals surface area (Å²) in [7, 11) is 0. The third kappa shape index (κ3) is 3.10. The molecule has 1 aliphatic heterocycles. The van der Waals surface area contributed by atoms with Gasteiger partial charge in [-0.2, -0.15) is 5.10 Å². The number of hydrogen-bond donors (Lipinski definition) is 1. The number of nitrogens with zero attached hydrogens (tertiary/aromatic N) is 2. The lowest BCUT2D eigenvalue weighted by Crippen LogP contribution is -2.31. The third-order valence-corrected chi connectivity index (χ3v) is 5.41. The molecule has 7 heteroatoms. The number of thioether (sulfide) groups is 1. The lowest BCUT2D eigenvalue weighted by Gasteiger charge is -2.25. The normalized spacial score (nSPS) is 16.2. The van der Waals surface area contributed by atoms with E-state index in [9.17, 15) is 13.6 Å². The molecule has 1 aliphatic rings. The van der Waals surface area contributed by atoms with E-state index in [2.05, 4.69) is 10.4 Å². The van der Waals surface area contributed by atoms with E-state index in [0.717, 1.165) is 11.3 Å². The molecule has 132 valence electrons. The highest BCUT2D eigenvalue weighted by molar-refractivity contribution is 7.99. The van der Waals surface area contributed by atoms with Crippen LogP contribution in [0.15, 0.2) is 59.6 Å². The molecule has 2 aromatic carbocycles. The highest BCUT2D eigenvalue weighted by atomic mass is 32.2. The molecule has 2 heterocycles. The van der Waals surface area contributed by atoms with Gasteiger partial charge in [-0.05, 0) is 36.2 Å². The van der Waals surface area contributed by atoms with Crippen molar-refractivity contribution in [3.63, 3.8) is 0 Å². The Kier molecular flexibility index (Phi) is 4.46. The summed E-state index contributed by atoms with van der Waals surface area (Å²) < 4.78 is 29.1. The molecule has 26 heavy (non-hydrogen) atoms. The summed E-state index contributed by atoms with van der Waals surface area (Å²) in [5, 5.41) is 7.08. The molecule has 4 nitrogen and oxygen atoms in total. The van der Waals surface area contributed by atoms with Crippen LogP contribution in [0.5, 0.6) is 0 Å². The van der Waals surface area contributed by atoms with Gasteiger partial charge in [0.05, 0.1) is 6.04 Å². The Hall–Kier alpha value is -2.67. The number of fused-ring (bicyclic) bond motifs is 1. The first-order valence-electron chi connectivity index (χ1n) is 8.16. The van der Waals surface area contributed by atoms with Crippen molar-refractivity contribution in [3.05, 3.63) is 77.6 Å². The molecule has 0 saturated heterocycles. The molecule has 3 aromatic rings. The predicted octanol–water partition coefficient (Wildman–Crippen LogP) is 4.12. The number of hydrogen-bond acceptors (Lipinski definition) is 3. The van der Waals surface area contributed by atoms with Crippen LogP contribution in [0.25, 0.3) is 5.69 Å². The molecule has 0 saturated carbocycles. The van der Waals surface area contributed by atoms with Gasteiger partial charge in [-0.25, -0.2) is 13.5 Å². The van der Waals surface area contributed by atoms with Crippen molar-refractivity contribution >= 4 is 17.7 Å². The number of nitrogens with one attached hydrogen (secondary N) is 1. The minimum Gasteiger partial charge on any atom is -0.344 e. The average Bonchev–Trinajstić information content (AvgIpc) is 3.13. The Morgan fingerprint density at radius 1 is 1.12 bits per heavy atom. The molecular weight excluding hydrogens is 356 g/mol. The van der Waals surface area contributed by atoms with Gasteiger partial charge >= 0.3 is 0 Å². The van der Waals surface area contributed by atoms with Gasteiger partial charge in [0.15, 0.2) is 5.69 Å². The van der Waals surface area contributed by atoms with Gasteiger partial charge in [0, 0.05) is 16.8 Å². The number of para-hydroxylation sites is 1. The van der Waals surface area contributed by atoms with Gasteiger partial charge in [0.1, 0.15) is 17.3 Å². The fourth-order valence-electron chi connectivity index (χ4n) is 2.99. The van der Waals surface area contributed by atoms with Gasteiger partial charge in [-0.1, -0.05) is 24.3 Å². The fourth-order valence-corrected chi connectivity index (χ4v) is 4.13. The Balaban J connectivity index is 1.56. The molecule has 0 bridgehead atoms. The van der Waals surface area contributed by atoms with E-state index >= 15 is 0 Å².